The van der Waals surface area contributed by atoms with Crippen LogP contribution in [0.4, 0.5) is 0 Å². The lowest BCUT2D eigenvalue weighted by Gasteiger charge is -2.21. The van der Waals surface area contributed by atoms with Crippen LogP contribution < -0.4 is 0 Å². The van der Waals surface area contributed by atoms with Gasteiger partial charge in [0.1, 0.15) is 6.10 Å². The smallest absolute Gasteiger partial charge is 0.107 e. The fourth-order valence-corrected chi connectivity index (χ4v) is 1.08. The van der Waals surface area contributed by atoms with Crippen molar-refractivity contribution in [2.75, 3.05) is 0 Å². The van der Waals surface area contributed by atoms with Gasteiger partial charge in [0.2, 0.25) is 0 Å². The monoisotopic (exact) mass is 149 g/mol. The summed E-state index contributed by atoms with van der Waals surface area (Å²) in [6.07, 6.45) is 4.64. The maximum Gasteiger partial charge on any atom is 0.107 e. The molecule has 1 atom stereocenters. The molecule has 0 spiro atoms. The Hall–Kier alpha value is -1.07. The van der Waals surface area contributed by atoms with E-state index in [-0.39, 0.29) is 5.41 Å². The van der Waals surface area contributed by atoms with Crippen LogP contribution in [0.3, 0.4) is 0 Å². The molecule has 0 saturated carbocycles. The largest absolute Gasteiger partial charge is 0.384 e. The Morgan fingerprint density at radius 1 is 1.64 bits per heavy atom. The number of hydrogen-bond donors (Lipinski definition) is 1. The lowest BCUT2D eigenvalue weighted by molar-refractivity contribution is 0.257. The molecule has 0 aliphatic heterocycles. The van der Waals surface area contributed by atoms with Crippen molar-refractivity contribution in [1.82, 2.24) is 0 Å². The van der Waals surface area contributed by atoms with Crippen molar-refractivity contribution < 1.29 is 5.11 Å². The molecule has 1 N–H and O–H groups in total. The minimum Gasteiger partial charge on any atom is -0.384 e. The predicted molar refractivity (Wildman–Crippen MR) is 42.6 cm³/mol. The summed E-state index contributed by atoms with van der Waals surface area (Å²) in [5.74, 6) is 0. The van der Waals surface area contributed by atoms with Gasteiger partial charge >= 0.3 is 0 Å². The highest BCUT2D eigenvalue weighted by molar-refractivity contribution is 5.36. The molecule has 0 aromatic carbocycles. The molecule has 0 radical (unpaired) electrons. The molecule has 0 aromatic heterocycles. The third-order valence-electron chi connectivity index (χ3n) is 1.68. The Bertz CT molecular complexity index is 255. The molecule has 11 heavy (non-hydrogen) atoms. The van der Waals surface area contributed by atoms with Crippen LogP contribution >= 0.6 is 0 Å². The van der Waals surface area contributed by atoms with Crippen LogP contribution in [0.5, 0.6) is 0 Å². The highest BCUT2D eigenvalue weighted by atomic mass is 16.3. The van der Waals surface area contributed by atoms with Gasteiger partial charge in [0.25, 0.3) is 0 Å². The van der Waals surface area contributed by atoms with Crippen molar-refractivity contribution in [2.45, 2.75) is 20.0 Å². The first kappa shape index (κ1) is 8.03. The van der Waals surface area contributed by atoms with E-state index in [0.29, 0.717) is 5.57 Å². The minimum atomic E-state index is -0.701. The molecule has 2 nitrogen and oxygen atoms in total. The zero-order valence-electron chi connectivity index (χ0n) is 6.70. The number of nitrogens with zero attached hydrogens (tertiary/aromatic N) is 1. The molecule has 0 fully saturated rings. The number of aliphatic hydroxyl groups excluding tert-OH is 1. The van der Waals surface area contributed by atoms with Crippen molar-refractivity contribution in [1.29, 1.82) is 5.26 Å². The topological polar surface area (TPSA) is 44.0 Å². The van der Waals surface area contributed by atoms with Crippen LogP contribution in [-0.2, 0) is 0 Å². The lowest BCUT2D eigenvalue weighted by Crippen LogP contribution is -2.16. The van der Waals surface area contributed by atoms with Crippen LogP contribution in [0.15, 0.2) is 23.8 Å². The molecule has 2 heteroatoms. The van der Waals surface area contributed by atoms with E-state index in [4.69, 9.17) is 5.26 Å². The third kappa shape index (κ3) is 1.69. The fraction of sp³-hybridized carbons (Fsp3) is 0.444. The average Bonchev–Trinajstić information content (AvgIpc) is 1.94. The Kier molecular flexibility index (Phi) is 1.84. The number of rotatable bonds is 0. The highest BCUT2D eigenvalue weighted by Gasteiger charge is 2.20. The summed E-state index contributed by atoms with van der Waals surface area (Å²) in [6, 6.07) is 1.97. The number of nitriles is 1. The van der Waals surface area contributed by atoms with E-state index in [2.05, 4.69) is 0 Å². The summed E-state index contributed by atoms with van der Waals surface area (Å²) in [6.45, 7) is 3.99. The van der Waals surface area contributed by atoms with Crippen LogP contribution in [0.25, 0.3) is 0 Å². The van der Waals surface area contributed by atoms with E-state index >= 15 is 0 Å². The van der Waals surface area contributed by atoms with Crippen molar-refractivity contribution in [2.24, 2.45) is 5.41 Å². The Morgan fingerprint density at radius 2 is 2.27 bits per heavy atom. The lowest BCUT2D eigenvalue weighted by atomic mass is 9.85. The molecule has 1 aliphatic carbocycles. The fourth-order valence-electron chi connectivity index (χ4n) is 1.08. The second-order valence-corrected chi connectivity index (χ2v) is 3.34. The summed E-state index contributed by atoms with van der Waals surface area (Å²) < 4.78 is 0. The summed E-state index contributed by atoms with van der Waals surface area (Å²) in [4.78, 5) is 0. The quantitative estimate of drug-likeness (QED) is 0.529. The number of aliphatic hydroxyl groups is 1. The predicted octanol–water partition coefficient (Wildman–Crippen LogP) is 1.39. The molecule has 1 unspecified atom stereocenters. The first-order valence-electron chi connectivity index (χ1n) is 3.55. The maximum atomic E-state index is 9.22. The van der Waals surface area contributed by atoms with E-state index < -0.39 is 6.10 Å². The SMILES string of the molecule is CC1(C)C=CC(O)C(C#N)=C1. The van der Waals surface area contributed by atoms with Crippen molar-refractivity contribution in [3.8, 4) is 6.07 Å². The molecule has 58 valence electrons. The first-order chi connectivity index (χ1) is 5.05. The Labute approximate surface area is 66.5 Å². The first-order valence-corrected chi connectivity index (χ1v) is 3.55. The zero-order valence-corrected chi connectivity index (χ0v) is 6.70. The second-order valence-electron chi connectivity index (χ2n) is 3.34. The normalized spacial score (nSPS) is 27.5. The molecular formula is C9H11NO. The number of hydrogen-bond acceptors (Lipinski definition) is 2. The third-order valence-corrected chi connectivity index (χ3v) is 1.68. The van der Waals surface area contributed by atoms with Crippen LogP contribution in [0.2, 0.25) is 0 Å². The summed E-state index contributed by atoms with van der Waals surface area (Å²) in [7, 11) is 0. The van der Waals surface area contributed by atoms with Crippen molar-refractivity contribution in [3.63, 3.8) is 0 Å². The van der Waals surface area contributed by atoms with Gasteiger partial charge in [0.05, 0.1) is 11.6 Å². The van der Waals surface area contributed by atoms with Crippen LogP contribution in [-0.4, -0.2) is 11.2 Å². The van der Waals surface area contributed by atoms with Gasteiger partial charge in [0.15, 0.2) is 0 Å². The van der Waals surface area contributed by atoms with E-state index in [1.54, 1.807) is 12.2 Å². The van der Waals surface area contributed by atoms with E-state index in [1.807, 2.05) is 26.0 Å². The number of allylic oxidation sites excluding steroid dienone is 2. The van der Waals surface area contributed by atoms with Gasteiger partial charge in [-0.15, -0.1) is 0 Å². The molecule has 0 aromatic rings. The summed E-state index contributed by atoms with van der Waals surface area (Å²) >= 11 is 0. The van der Waals surface area contributed by atoms with Gasteiger partial charge in [-0.3, -0.25) is 0 Å². The van der Waals surface area contributed by atoms with Gasteiger partial charge < -0.3 is 5.11 Å². The van der Waals surface area contributed by atoms with E-state index in [1.165, 1.54) is 0 Å². The molecule has 1 aliphatic rings. The average molecular weight is 149 g/mol. The zero-order chi connectivity index (χ0) is 8.48. The van der Waals surface area contributed by atoms with Gasteiger partial charge in [-0.2, -0.15) is 5.26 Å². The van der Waals surface area contributed by atoms with Gasteiger partial charge in [-0.1, -0.05) is 32.1 Å². The standard InChI is InChI=1S/C9H11NO/c1-9(2)4-3-8(11)7(5-9)6-10/h3-5,8,11H,1-2H3. The highest BCUT2D eigenvalue weighted by Crippen LogP contribution is 2.26. The van der Waals surface area contributed by atoms with Crippen molar-refractivity contribution in [3.05, 3.63) is 23.8 Å². The Balaban J connectivity index is 2.95. The van der Waals surface area contributed by atoms with Crippen LogP contribution in [0.1, 0.15) is 13.8 Å². The van der Waals surface area contributed by atoms with Gasteiger partial charge in [-0.25, -0.2) is 0 Å². The molecule has 1 rings (SSSR count). The van der Waals surface area contributed by atoms with Gasteiger partial charge in [-0.05, 0) is 0 Å². The molecular weight excluding hydrogens is 138 g/mol. The minimum absolute atomic E-state index is 0.0930. The summed E-state index contributed by atoms with van der Waals surface area (Å²) in [5, 5.41) is 17.8. The second kappa shape index (κ2) is 2.52. The molecule has 0 amide bonds. The molecule has 0 heterocycles. The molecule has 0 bridgehead atoms. The summed E-state index contributed by atoms with van der Waals surface area (Å²) in [5.41, 5.74) is 0.349. The van der Waals surface area contributed by atoms with Crippen LogP contribution in [0, 0.1) is 16.7 Å². The van der Waals surface area contributed by atoms with Crippen molar-refractivity contribution >= 4 is 0 Å². The van der Waals surface area contributed by atoms with E-state index in [0.717, 1.165) is 0 Å². The van der Waals surface area contributed by atoms with E-state index in [9.17, 15) is 5.11 Å². The Morgan fingerprint density at radius 3 is 2.73 bits per heavy atom. The molecule has 0 saturated heterocycles. The maximum absolute atomic E-state index is 9.22. The van der Waals surface area contributed by atoms with Gasteiger partial charge in [0, 0.05) is 5.41 Å².